The zero-order chi connectivity index (χ0) is 37.4. The van der Waals surface area contributed by atoms with Crippen LogP contribution in [-0.4, -0.2) is 139 Å². The quantitative estimate of drug-likeness (QED) is 0.0901. The highest BCUT2D eigenvalue weighted by Crippen LogP contribution is 2.17. The molecule has 268 valence electrons. The Kier molecular flexibility index (Phi) is 13.2. The van der Waals surface area contributed by atoms with E-state index in [0.717, 1.165) is 24.3 Å². The van der Waals surface area contributed by atoms with E-state index in [2.05, 4.69) is 4.84 Å². The molecule has 2 atom stereocenters. The SMILES string of the molecule is O=C(O)C(CCN1C(=O)C=CC1=O)S(=O)(=O)O.O=C(ON1C(=O)CCC1=O)C(CCN1C(=O)C=CC1=O)S(=O)(=O)O.O=C1CCC(=O)N1O. The molecule has 4 aliphatic heterocycles. The molecule has 0 aromatic rings. The number of amides is 8. The number of hydrogen-bond donors (Lipinski definition) is 4. The van der Waals surface area contributed by atoms with E-state index in [1.807, 2.05) is 0 Å². The molecular weight excluding hydrogens is 712 g/mol. The predicted molar refractivity (Wildman–Crippen MR) is 149 cm³/mol. The molecule has 25 heteroatoms. The van der Waals surface area contributed by atoms with Crippen LogP contribution in [-0.2, 0) is 73.0 Å². The fourth-order valence-corrected chi connectivity index (χ4v) is 5.30. The van der Waals surface area contributed by atoms with Crippen molar-refractivity contribution in [1.29, 1.82) is 0 Å². The second kappa shape index (κ2) is 16.2. The highest BCUT2D eigenvalue weighted by atomic mass is 32.2. The van der Waals surface area contributed by atoms with Crippen molar-refractivity contribution in [1.82, 2.24) is 19.9 Å². The average molecular weight is 739 g/mol. The van der Waals surface area contributed by atoms with E-state index in [-0.39, 0.29) is 42.4 Å². The average Bonchev–Trinajstić information content (AvgIpc) is 3.69. The number of hydrogen-bond acceptors (Lipinski definition) is 16. The summed E-state index contributed by atoms with van der Waals surface area (Å²) in [6, 6.07) is 0. The van der Waals surface area contributed by atoms with Crippen LogP contribution in [0.5, 0.6) is 0 Å². The zero-order valence-corrected chi connectivity index (χ0v) is 26.3. The van der Waals surface area contributed by atoms with Gasteiger partial charge in [0.1, 0.15) is 0 Å². The lowest BCUT2D eigenvalue weighted by atomic mass is 10.3. The predicted octanol–water partition coefficient (Wildman–Crippen LogP) is -3.67. The molecule has 4 rings (SSSR count). The van der Waals surface area contributed by atoms with Gasteiger partial charge in [-0.2, -0.15) is 21.9 Å². The molecule has 2 unspecified atom stereocenters. The molecule has 0 spiro atoms. The van der Waals surface area contributed by atoms with Gasteiger partial charge in [-0.1, -0.05) is 0 Å². The Morgan fingerprint density at radius 3 is 1.24 bits per heavy atom. The standard InChI is InChI=1S/C12H12N2O9S.C8H9NO7S.C4H5NO3/c15-8-1-2-9(16)13(8)6-5-7(24(20,21)22)12(19)23-14-10(17)3-4-11(14)18;10-6-1-2-7(11)9(6)4-3-5(8(12)13)17(14,15)16;6-3-1-2-4(7)5(3)8/h1-2,7H,3-6H2,(H,20,21,22);1-2,5H,3-4H2,(H,12,13)(H,14,15,16);8H,1-2H2. The number of rotatable bonds is 11. The minimum absolute atomic E-state index is 0.133. The zero-order valence-electron chi connectivity index (χ0n) is 24.6. The Morgan fingerprint density at radius 2 is 0.959 bits per heavy atom. The third-order valence-electron chi connectivity index (χ3n) is 6.50. The van der Waals surface area contributed by atoms with E-state index < -0.39 is 109 Å². The van der Waals surface area contributed by atoms with Gasteiger partial charge in [0.2, 0.25) is 0 Å². The normalized spacial score (nSPS) is 18.9. The van der Waals surface area contributed by atoms with E-state index in [0.29, 0.717) is 9.80 Å². The van der Waals surface area contributed by atoms with Gasteiger partial charge in [0.15, 0.2) is 10.5 Å². The molecule has 0 aromatic carbocycles. The topological polar surface area (TPSA) is 342 Å². The van der Waals surface area contributed by atoms with Crippen molar-refractivity contribution in [2.75, 3.05) is 13.1 Å². The van der Waals surface area contributed by atoms with Gasteiger partial charge in [-0.3, -0.25) is 67.3 Å². The molecule has 4 N–H and O–H groups in total. The summed E-state index contributed by atoms with van der Waals surface area (Å²) < 4.78 is 61.9. The molecule has 2 saturated heterocycles. The van der Waals surface area contributed by atoms with Crippen molar-refractivity contribution in [3.8, 4) is 0 Å². The fourth-order valence-electron chi connectivity index (χ4n) is 3.96. The molecule has 23 nitrogen and oxygen atoms in total. The Morgan fingerprint density at radius 1 is 0.633 bits per heavy atom. The van der Waals surface area contributed by atoms with Crippen LogP contribution in [0.1, 0.15) is 38.5 Å². The molecule has 0 aromatic heterocycles. The lowest BCUT2D eigenvalue weighted by molar-refractivity contribution is -0.197. The van der Waals surface area contributed by atoms with Gasteiger partial charge >= 0.3 is 11.9 Å². The molecule has 0 bridgehead atoms. The largest absolute Gasteiger partial charge is 0.480 e. The van der Waals surface area contributed by atoms with Crippen LogP contribution in [0.3, 0.4) is 0 Å². The van der Waals surface area contributed by atoms with Gasteiger partial charge in [0.05, 0.1) is 0 Å². The van der Waals surface area contributed by atoms with Gasteiger partial charge in [-0.05, 0) is 12.8 Å². The number of carboxylic acids is 1. The molecule has 2 fully saturated rings. The van der Waals surface area contributed by atoms with Crippen LogP contribution in [0.25, 0.3) is 0 Å². The maximum absolute atomic E-state index is 11.9. The van der Waals surface area contributed by atoms with Crippen LogP contribution in [0.15, 0.2) is 24.3 Å². The maximum atomic E-state index is 11.9. The lowest BCUT2D eigenvalue weighted by Crippen LogP contribution is -2.42. The summed E-state index contributed by atoms with van der Waals surface area (Å²) in [5.41, 5.74) is 0. The summed E-state index contributed by atoms with van der Waals surface area (Å²) in [6.45, 7) is -0.868. The van der Waals surface area contributed by atoms with Crippen LogP contribution >= 0.6 is 0 Å². The Balaban J connectivity index is 0.000000288. The van der Waals surface area contributed by atoms with Crippen LogP contribution in [0.2, 0.25) is 0 Å². The Bertz CT molecular complexity index is 1680. The van der Waals surface area contributed by atoms with Crippen LogP contribution in [0.4, 0.5) is 0 Å². The number of hydroxylamine groups is 4. The Labute approximate surface area is 274 Å². The van der Waals surface area contributed by atoms with Crippen molar-refractivity contribution >= 4 is 79.4 Å². The van der Waals surface area contributed by atoms with E-state index in [9.17, 15) is 64.8 Å². The first kappa shape index (κ1) is 39.9. The number of carbonyl (C=O) groups is 10. The maximum Gasteiger partial charge on any atom is 0.353 e. The van der Waals surface area contributed by atoms with Gasteiger partial charge < -0.3 is 9.94 Å². The van der Waals surface area contributed by atoms with Gasteiger partial charge in [-0.15, -0.1) is 5.06 Å². The van der Waals surface area contributed by atoms with Crippen molar-refractivity contribution in [2.45, 2.75) is 49.0 Å². The summed E-state index contributed by atoms with van der Waals surface area (Å²) in [7, 11) is -9.72. The van der Waals surface area contributed by atoms with E-state index >= 15 is 0 Å². The molecule has 8 amide bonds. The van der Waals surface area contributed by atoms with E-state index in [4.69, 9.17) is 19.4 Å². The third kappa shape index (κ3) is 10.9. The number of carboxylic acid groups (broad SMARTS) is 1. The summed E-state index contributed by atoms with van der Waals surface area (Å²) in [5.74, 6) is -8.64. The van der Waals surface area contributed by atoms with Crippen molar-refractivity contribution < 1.29 is 89.0 Å². The summed E-state index contributed by atoms with van der Waals surface area (Å²) in [6.07, 6.45) is 2.60. The monoisotopic (exact) mass is 738 g/mol. The first-order chi connectivity index (χ1) is 22.6. The molecule has 0 aliphatic carbocycles. The first-order valence-corrected chi connectivity index (χ1v) is 16.4. The summed E-state index contributed by atoms with van der Waals surface area (Å²) >= 11 is 0. The number of nitrogens with zero attached hydrogens (tertiary/aromatic N) is 4. The van der Waals surface area contributed by atoms with Crippen molar-refractivity contribution in [3.05, 3.63) is 24.3 Å². The van der Waals surface area contributed by atoms with Gasteiger partial charge in [0, 0.05) is 63.1 Å². The highest BCUT2D eigenvalue weighted by Gasteiger charge is 2.40. The lowest BCUT2D eigenvalue weighted by Gasteiger charge is -2.19. The van der Waals surface area contributed by atoms with Crippen LogP contribution in [0, 0.1) is 0 Å². The third-order valence-corrected chi connectivity index (χ3v) is 8.80. The summed E-state index contributed by atoms with van der Waals surface area (Å²) in [4.78, 5) is 116. The smallest absolute Gasteiger partial charge is 0.353 e. The minimum atomic E-state index is -4.96. The van der Waals surface area contributed by atoms with Crippen molar-refractivity contribution in [2.24, 2.45) is 0 Å². The van der Waals surface area contributed by atoms with Gasteiger partial charge in [0.25, 0.3) is 67.5 Å². The number of carbonyl (C=O) groups excluding carboxylic acids is 9. The van der Waals surface area contributed by atoms with Crippen molar-refractivity contribution in [3.63, 3.8) is 0 Å². The number of aliphatic carboxylic acids is 1. The van der Waals surface area contributed by atoms with E-state index in [1.54, 1.807) is 0 Å². The van der Waals surface area contributed by atoms with Crippen LogP contribution < -0.4 is 0 Å². The van der Waals surface area contributed by atoms with E-state index in [1.165, 1.54) is 0 Å². The second-order valence-electron chi connectivity index (χ2n) is 9.84. The molecular formula is C24H26N4O19S2. The summed E-state index contributed by atoms with van der Waals surface area (Å²) in [5, 5.41) is 13.1. The molecule has 4 heterocycles. The fraction of sp³-hybridized carbons (Fsp3) is 0.417. The molecule has 0 saturated carbocycles. The Hall–Kier alpha value is -5.24. The van der Waals surface area contributed by atoms with Gasteiger partial charge in [-0.25, -0.2) is 4.79 Å². The first-order valence-electron chi connectivity index (χ1n) is 13.4. The minimum Gasteiger partial charge on any atom is -0.480 e. The number of imide groups is 4. The highest BCUT2D eigenvalue weighted by molar-refractivity contribution is 7.87. The molecule has 49 heavy (non-hydrogen) atoms. The molecule has 0 radical (unpaired) electrons. The molecule has 4 aliphatic rings. The second-order valence-corrected chi connectivity index (χ2v) is 13.0.